The monoisotopic (exact) mass is 363 g/mol. The van der Waals surface area contributed by atoms with Gasteiger partial charge in [0.1, 0.15) is 0 Å². The van der Waals surface area contributed by atoms with E-state index in [1.54, 1.807) is 0 Å². The number of likely N-dealkylation sites (tertiary alicyclic amines) is 1. The van der Waals surface area contributed by atoms with Gasteiger partial charge in [-0.15, -0.1) is 11.6 Å². The summed E-state index contributed by atoms with van der Waals surface area (Å²) in [7, 11) is 0. The zero-order valence-corrected chi connectivity index (χ0v) is 13.0. The summed E-state index contributed by atoms with van der Waals surface area (Å²) in [4.78, 5) is 2.61. The van der Waals surface area contributed by atoms with Crippen LogP contribution in [-0.2, 0) is 6.54 Å². The molecule has 1 atom stereocenters. The molecule has 1 aliphatic heterocycles. The van der Waals surface area contributed by atoms with Crippen molar-refractivity contribution in [3.63, 3.8) is 0 Å². The van der Waals surface area contributed by atoms with Crippen molar-refractivity contribution in [1.29, 1.82) is 0 Å². The Morgan fingerprint density at radius 2 is 2.00 bits per heavy atom. The average Bonchev–Trinajstić information content (AvgIpc) is 2.35. The smallest absolute Gasteiger partial charge is 0.0238 e. The molecule has 1 unspecified atom stereocenters. The van der Waals surface area contributed by atoms with Gasteiger partial charge >= 0.3 is 0 Å². The summed E-state index contributed by atoms with van der Waals surface area (Å²) in [5.74, 6) is 0.786. The first-order chi connectivity index (χ1) is 8.29. The van der Waals surface area contributed by atoms with Gasteiger partial charge in [-0.05, 0) is 66.1 Å². The van der Waals surface area contributed by atoms with Crippen molar-refractivity contribution in [1.82, 2.24) is 4.90 Å². The summed E-state index contributed by atoms with van der Waals surface area (Å²) in [6.07, 6.45) is 5.15. The molecule has 2 rings (SSSR count). The zero-order valence-electron chi connectivity index (χ0n) is 10.0. The summed E-state index contributed by atoms with van der Waals surface area (Å²) in [6.45, 7) is 2.31. The van der Waals surface area contributed by atoms with Crippen LogP contribution < -0.4 is 0 Å². The number of alkyl halides is 1. The predicted molar refractivity (Wildman–Crippen MR) is 82.5 cm³/mol. The third-order valence-electron chi connectivity index (χ3n) is 3.49. The van der Waals surface area contributed by atoms with E-state index < -0.39 is 0 Å². The molecule has 0 spiro atoms. The molecule has 1 heterocycles. The molecule has 1 aromatic rings. The maximum atomic E-state index is 5.90. The molecule has 94 valence electrons. The molecular weight excluding hydrogens is 345 g/mol. The third-order valence-corrected chi connectivity index (χ3v) is 4.43. The second-order valence-corrected chi connectivity index (χ2v) is 6.35. The van der Waals surface area contributed by atoms with Gasteiger partial charge in [-0.2, -0.15) is 0 Å². The highest BCUT2D eigenvalue weighted by atomic mass is 127. The molecule has 0 radical (unpaired) electrons. The van der Waals surface area contributed by atoms with Crippen LogP contribution >= 0.6 is 34.2 Å². The normalized spacial score (nSPS) is 21.6. The van der Waals surface area contributed by atoms with Gasteiger partial charge in [0.05, 0.1) is 0 Å². The van der Waals surface area contributed by atoms with E-state index in [9.17, 15) is 0 Å². The Labute approximate surface area is 123 Å². The molecule has 1 nitrogen and oxygen atoms in total. The van der Waals surface area contributed by atoms with Gasteiger partial charge in [0, 0.05) is 22.0 Å². The molecule has 0 aliphatic carbocycles. The van der Waals surface area contributed by atoms with Crippen molar-refractivity contribution in [2.75, 3.05) is 12.4 Å². The Balaban J connectivity index is 1.97. The maximum Gasteiger partial charge on any atom is 0.0238 e. The number of hydrogen-bond acceptors (Lipinski definition) is 1. The van der Waals surface area contributed by atoms with E-state index in [1.165, 1.54) is 34.9 Å². The van der Waals surface area contributed by atoms with Crippen LogP contribution in [0.2, 0.25) is 0 Å². The summed E-state index contributed by atoms with van der Waals surface area (Å²) in [5, 5.41) is 0. The van der Waals surface area contributed by atoms with E-state index >= 15 is 0 Å². The highest BCUT2D eigenvalue weighted by molar-refractivity contribution is 14.1. The third kappa shape index (κ3) is 4.11. The fourth-order valence-electron chi connectivity index (χ4n) is 2.55. The first-order valence-electron chi connectivity index (χ1n) is 6.34. The average molecular weight is 364 g/mol. The van der Waals surface area contributed by atoms with Crippen molar-refractivity contribution in [3.05, 3.63) is 33.4 Å². The minimum atomic E-state index is 0.695. The molecule has 1 aliphatic rings. The first kappa shape index (κ1) is 13.6. The van der Waals surface area contributed by atoms with Gasteiger partial charge in [0.2, 0.25) is 0 Å². The Morgan fingerprint density at radius 1 is 1.24 bits per heavy atom. The van der Waals surface area contributed by atoms with Crippen LogP contribution in [0.25, 0.3) is 0 Å². The lowest BCUT2D eigenvalue weighted by Gasteiger charge is -2.35. The van der Waals surface area contributed by atoms with Crippen LogP contribution in [0.15, 0.2) is 24.3 Å². The van der Waals surface area contributed by atoms with Crippen LogP contribution in [0.5, 0.6) is 0 Å². The van der Waals surface area contributed by atoms with Gasteiger partial charge in [-0.1, -0.05) is 18.6 Å². The summed E-state index contributed by atoms with van der Waals surface area (Å²) in [6, 6.07) is 9.57. The predicted octanol–water partition coefficient (Wildman–Crippen LogP) is 4.27. The standard InChI is InChI=1S/C14H19ClIN/c15-9-8-14-3-1-2-10-17(14)11-12-4-6-13(16)7-5-12/h4-7,14H,1-3,8-11H2. The van der Waals surface area contributed by atoms with Crippen LogP contribution in [0.3, 0.4) is 0 Å². The molecule has 0 bridgehead atoms. The van der Waals surface area contributed by atoms with Crippen molar-refractivity contribution in [3.8, 4) is 0 Å². The Bertz CT molecular complexity index is 337. The molecule has 1 aromatic carbocycles. The SMILES string of the molecule is ClCCC1CCCCN1Cc1ccc(I)cc1. The van der Waals surface area contributed by atoms with Gasteiger partial charge in [-0.3, -0.25) is 4.90 Å². The molecule has 0 aromatic heterocycles. The Hall–Kier alpha value is 0.200. The molecule has 0 amide bonds. The number of piperidine rings is 1. The van der Waals surface area contributed by atoms with Gasteiger partial charge in [-0.25, -0.2) is 0 Å². The summed E-state index contributed by atoms with van der Waals surface area (Å²) in [5.41, 5.74) is 1.42. The van der Waals surface area contributed by atoms with Crippen LogP contribution in [0, 0.1) is 3.57 Å². The Morgan fingerprint density at radius 3 is 2.71 bits per heavy atom. The van der Waals surface area contributed by atoms with Crippen molar-refractivity contribution < 1.29 is 0 Å². The highest BCUT2D eigenvalue weighted by Gasteiger charge is 2.21. The van der Waals surface area contributed by atoms with E-state index in [4.69, 9.17) is 11.6 Å². The Kier molecular flexibility index (Phi) is 5.57. The van der Waals surface area contributed by atoms with Gasteiger partial charge in [0.25, 0.3) is 0 Å². The number of rotatable bonds is 4. The second-order valence-electron chi connectivity index (χ2n) is 4.72. The van der Waals surface area contributed by atoms with E-state index in [0.717, 1.165) is 18.8 Å². The van der Waals surface area contributed by atoms with Crippen molar-refractivity contribution in [2.45, 2.75) is 38.3 Å². The van der Waals surface area contributed by atoms with Crippen molar-refractivity contribution >= 4 is 34.2 Å². The second kappa shape index (κ2) is 6.95. The molecule has 17 heavy (non-hydrogen) atoms. The van der Waals surface area contributed by atoms with Gasteiger partial charge in [0.15, 0.2) is 0 Å². The number of benzene rings is 1. The lowest BCUT2D eigenvalue weighted by Crippen LogP contribution is -2.39. The molecule has 1 fully saturated rings. The molecular formula is C14H19ClIN. The summed E-state index contributed by atoms with van der Waals surface area (Å²) < 4.78 is 1.31. The van der Waals surface area contributed by atoms with Crippen LogP contribution in [0.4, 0.5) is 0 Å². The fraction of sp³-hybridized carbons (Fsp3) is 0.571. The molecule has 3 heteroatoms. The van der Waals surface area contributed by atoms with Crippen LogP contribution in [-0.4, -0.2) is 23.4 Å². The maximum absolute atomic E-state index is 5.90. The number of hydrogen-bond donors (Lipinski definition) is 0. The lowest BCUT2D eigenvalue weighted by atomic mass is 9.99. The first-order valence-corrected chi connectivity index (χ1v) is 7.95. The molecule has 0 N–H and O–H groups in total. The minimum Gasteiger partial charge on any atom is -0.296 e. The molecule has 1 saturated heterocycles. The zero-order chi connectivity index (χ0) is 12.1. The summed E-state index contributed by atoms with van der Waals surface area (Å²) >= 11 is 8.25. The fourth-order valence-corrected chi connectivity index (χ4v) is 3.16. The minimum absolute atomic E-state index is 0.695. The quantitative estimate of drug-likeness (QED) is 0.570. The number of halogens is 2. The van der Waals surface area contributed by atoms with Gasteiger partial charge < -0.3 is 0 Å². The van der Waals surface area contributed by atoms with Crippen molar-refractivity contribution in [2.24, 2.45) is 0 Å². The largest absolute Gasteiger partial charge is 0.296 e. The van der Waals surface area contributed by atoms with E-state index in [1.807, 2.05) is 0 Å². The molecule has 0 saturated carbocycles. The topological polar surface area (TPSA) is 3.24 Å². The number of nitrogens with zero attached hydrogens (tertiary/aromatic N) is 1. The van der Waals surface area contributed by atoms with E-state index in [-0.39, 0.29) is 0 Å². The van der Waals surface area contributed by atoms with E-state index in [2.05, 4.69) is 51.8 Å². The van der Waals surface area contributed by atoms with E-state index in [0.29, 0.717) is 6.04 Å². The highest BCUT2D eigenvalue weighted by Crippen LogP contribution is 2.22. The lowest BCUT2D eigenvalue weighted by molar-refractivity contribution is 0.137. The van der Waals surface area contributed by atoms with Crippen LogP contribution in [0.1, 0.15) is 31.2 Å².